The lowest BCUT2D eigenvalue weighted by Crippen LogP contribution is -2.41. The van der Waals surface area contributed by atoms with E-state index in [1.165, 1.54) is 23.3 Å². The van der Waals surface area contributed by atoms with Crippen molar-refractivity contribution in [2.24, 2.45) is 0 Å². The quantitative estimate of drug-likeness (QED) is 0.346. The summed E-state index contributed by atoms with van der Waals surface area (Å²) in [4.78, 5) is 12.8. The molecule has 2 aliphatic rings. The van der Waals surface area contributed by atoms with Crippen molar-refractivity contribution >= 4 is 30.9 Å². The molecule has 0 aromatic heterocycles. The van der Waals surface area contributed by atoms with E-state index in [0.29, 0.717) is 11.0 Å². The summed E-state index contributed by atoms with van der Waals surface area (Å²) in [7, 11) is -0.710. The van der Waals surface area contributed by atoms with Crippen molar-refractivity contribution in [2.75, 3.05) is 13.2 Å². The van der Waals surface area contributed by atoms with Crippen molar-refractivity contribution in [1.29, 1.82) is 0 Å². The van der Waals surface area contributed by atoms with Gasteiger partial charge in [0.25, 0.3) is 0 Å². The Bertz CT molecular complexity index is 1350. The van der Waals surface area contributed by atoms with E-state index in [4.69, 9.17) is 25.6 Å². The molecule has 1 fully saturated rings. The van der Waals surface area contributed by atoms with Gasteiger partial charge >= 0.3 is 13.2 Å². The lowest BCUT2D eigenvalue weighted by Gasteiger charge is -2.32. The van der Waals surface area contributed by atoms with Crippen molar-refractivity contribution < 1.29 is 23.2 Å². The first-order valence-corrected chi connectivity index (χ1v) is 13.0. The smallest absolute Gasteiger partial charge is 0.449 e. The van der Waals surface area contributed by atoms with Gasteiger partial charge in [-0.1, -0.05) is 72.3 Å². The van der Waals surface area contributed by atoms with Crippen LogP contribution in [0.1, 0.15) is 50.3 Å². The number of carbonyl (C=O) groups is 1. The molecule has 1 saturated heterocycles. The molecule has 196 valence electrons. The second-order valence-corrected chi connectivity index (χ2v) is 11.1. The predicted octanol–water partition coefficient (Wildman–Crippen LogP) is 7.03. The number of halogens is 2. The number of carbonyl (C=O) groups excluding carboxylic acids is 1. The van der Waals surface area contributed by atoms with Gasteiger partial charge in [0.15, 0.2) is 0 Å². The molecule has 5 rings (SSSR count). The fourth-order valence-corrected chi connectivity index (χ4v) is 5.03. The average Bonchev–Trinajstić information content (AvgIpc) is 3.31. The van der Waals surface area contributed by atoms with Crippen LogP contribution in [-0.2, 0) is 14.0 Å². The van der Waals surface area contributed by atoms with Crippen LogP contribution < -0.4 is 5.32 Å². The van der Waals surface area contributed by atoms with Crippen LogP contribution in [0.15, 0.2) is 72.2 Å². The molecule has 0 bridgehead atoms. The van der Waals surface area contributed by atoms with Crippen molar-refractivity contribution in [3.8, 4) is 11.1 Å². The first-order valence-electron chi connectivity index (χ1n) is 12.7. The fourth-order valence-electron chi connectivity index (χ4n) is 4.84. The lowest BCUT2D eigenvalue weighted by molar-refractivity contribution is 0.00578. The van der Waals surface area contributed by atoms with Crippen molar-refractivity contribution in [3.63, 3.8) is 0 Å². The Morgan fingerprint density at radius 1 is 1.00 bits per heavy atom. The van der Waals surface area contributed by atoms with Crippen LogP contribution in [0.3, 0.4) is 0 Å². The number of fused-ring (bicyclic) bond motifs is 3. The summed E-state index contributed by atoms with van der Waals surface area (Å²) in [5, 5.41) is 2.85. The van der Waals surface area contributed by atoms with Crippen molar-refractivity contribution in [3.05, 3.63) is 99.7 Å². The molecule has 5 nitrogen and oxygen atoms in total. The third-order valence-electron chi connectivity index (χ3n) is 7.63. The highest BCUT2D eigenvalue weighted by Crippen LogP contribution is 2.44. The monoisotopic (exact) mass is 533 g/mol. The maximum atomic E-state index is 13.7. The third kappa shape index (κ3) is 5.11. The third-order valence-corrected chi connectivity index (χ3v) is 7.92. The Kier molecular flexibility index (Phi) is 7.12. The van der Waals surface area contributed by atoms with Crippen LogP contribution in [0, 0.1) is 5.82 Å². The van der Waals surface area contributed by atoms with E-state index in [1.54, 1.807) is 12.1 Å². The summed E-state index contributed by atoms with van der Waals surface area (Å²) < 4.78 is 31.8. The van der Waals surface area contributed by atoms with Gasteiger partial charge in [-0.3, -0.25) is 0 Å². The summed E-state index contributed by atoms with van der Waals surface area (Å²) in [6, 6.07) is 20.8. The van der Waals surface area contributed by atoms with Gasteiger partial charge in [-0.25, -0.2) is 9.18 Å². The Hall–Kier alpha value is -3.13. The SMILES string of the molecule is CC1(C)OB(C(=Cc2ccc(F)c(Cl)c2)CNC(=O)OCC2c3ccccc3-c3ccccc32)OC1(C)C. The molecule has 0 saturated carbocycles. The van der Waals surface area contributed by atoms with Crippen molar-refractivity contribution in [2.45, 2.75) is 44.8 Å². The summed E-state index contributed by atoms with van der Waals surface area (Å²) in [5.74, 6) is -0.537. The Morgan fingerprint density at radius 3 is 2.16 bits per heavy atom. The molecule has 1 heterocycles. The van der Waals surface area contributed by atoms with E-state index >= 15 is 0 Å². The second kappa shape index (κ2) is 10.2. The highest BCUT2D eigenvalue weighted by Gasteiger charge is 2.52. The number of alkyl carbamates (subject to hydrolysis) is 1. The van der Waals surface area contributed by atoms with Crippen LogP contribution in [0.5, 0.6) is 0 Å². The number of ether oxygens (including phenoxy) is 1. The molecule has 1 amide bonds. The van der Waals surface area contributed by atoms with Crippen LogP contribution in [-0.4, -0.2) is 37.6 Å². The minimum Gasteiger partial charge on any atom is -0.449 e. The van der Waals surface area contributed by atoms with E-state index < -0.39 is 30.2 Å². The zero-order valence-corrected chi connectivity index (χ0v) is 22.6. The maximum Gasteiger partial charge on any atom is 0.492 e. The summed E-state index contributed by atoms with van der Waals surface area (Å²) in [6.45, 7) is 8.15. The van der Waals surface area contributed by atoms with Gasteiger partial charge < -0.3 is 19.4 Å². The maximum absolute atomic E-state index is 13.7. The van der Waals surface area contributed by atoms with Gasteiger partial charge in [-0.2, -0.15) is 0 Å². The van der Waals surface area contributed by atoms with Crippen LogP contribution >= 0.6 is 11.6 Å². The Morgan fingerprint density at radius 2 is 1.58 bits per heavy atom. The molecule has 8 heteroatoms. The summed E-state index contributed by atoms with van der Waals surface area (Å²) in [5.41, 5.74) is 4.81. The molecule has 1 aliphatic carbocycles. The molecule has 1 aliphatic heterocycles. The second-order valence-electron chi connectivity index (χ2n) is 10.7. The van der Waals surface area contributed by atoms with E-state index in [9.17, 15) is 9.18 Å². The minimum absolute atomic E-state index is 0.0107. The molecule has 1 N–H and O–H groups in total. The van der Waals surface area contributed by atoms with Gasteiger partial charge in [0.05, 0.1) is 16.2 Å². The van der Waals surface area contributed by atoms with E-state index in [0.717, 1.165) is 11.1 Å². The zero-order valence-electron chi connectivity index (χ0n) is 21.9. The molecular weight excluding hydrogens is 504 g/mol. The number of hydrogen-bond donors (Lipinski definition) is 1. The molecule has 0 unspecified atom stereocenters. The normalized spacial score (nSPS) is 17.7. The van der Waals surface area contributed by atoms with Crippen LogP contribution in [0.25, 0.3) is 17.2 Å². The summed E-state index contributed by atoms with van der Waals surface area (Å²) >= 11 is 5.99. The number of hydrogen-bond acceptors (Lipinski definition) is 4. The molecule has 3 aromatic rings. The predicted molar refractivity (Wildman–Crippen MR) is 149 cm³/mol. The number of amides is 1. The van der Waals surface area contributed by atoms with Crippen molar-refractivity contribution in [1.82, 2.24) is 5.32 Å². The lowest BCUT2D eigenvalue weighted by atomic mass is 9.77. The molecule has 3 aromatic carbocycles. The first-order chi connectivity index (χ1) is 18.1. The number of nitrogens with one attached hydrogen (secondary N) is 1. The molecule has 0 radical (unpaired) electrons. The van der Waals surface area contributed by atoms with Gasteiger partial charge in [-0.05, 0) is 73.1 Å². The van der Waals surface area contributed by atoms with Crippen LogP contribution in [0.4, 0.5) is 9.18 Å². The zero-order chi connectivity index (χ0) is 27.1. The number of rotatable bonds is 6. The highest BCUT2D eigenvalue weighted by atomic mass is 35.5. The van der Waals surface area contributed by atoms with E-state index in [2.05, 4.69) is 29.6 Å². The Balaban J connectivity index is 1.30. The van der Waals surface area contributed by atoms with E-state index in [1.807, 2.05) is 52.0 Å². The summed E-state index contributed by atoms with van der Waals surface area (Å²) in [6.07, 6.45) is 1.24. The van der Waals surface area contributed by atoms with Gasteiger partial charge in [0, 0.05) is 12.5 Å². The van der Waals surface area contributed by atoms with Gasteiger partial charge in [-0.15, -0.1) is 0 Å². The molecule has 38 heavy (non-hydrogen) atoms. The van der Waals surface area contributed by atoms with E-state index in [-0.39, 0.29) is 24.1 Å². The molecule has 0 spiro atoms. The largest absolute Gasteiger partial charge is 0.492 e. The standard InChI is InChI=1S/C30H30BClFNO4/c1-29(2)30(3,4)38-31(37-29)20(15-19-13-14-27(33)26(32)16-19)17-34-28(35)36-18-25-23-11-7-5-9-21(23)22-10-6-8-12-24(22)25/h5-16,25H,17-18H2,1-4H3,(H,34,35). The topological polar surface area (TPSA) is 56.8 Å². The molecular formula is C30H30BClFNO4. The Labute approximate surface area is 228 Å². The highest BCUT2D eigenvalue weighted by molar-refractivity contribution is 6.56. The van der Waals surface area contributed by atoms with Gasteiger partial charge in [0.2, 0.25) is 0 Å². The fraction of sp³-hybridized carbons (Fsp3) is 0.300. The first kappa shape index (κ1) is 26.5. The molecule has 0 atom stereocenters. The average molecular weight is 534 g/mol. The van der Waals surface area contributed by atoms with Gasteiger partial charge in [0.1, 0.15) is 12.4 Å². The minimum atomic E-state index is -0.710. The number of benzene rings is 3. The van der Waals surface area contributed by atoms with Crippen LogP contribution in [0.2, 0.25) is 5.02 Å².